The summed E-state index contributed by atoms with van der Waals surface area (Å²) in [5.41, 5.74) is 9.95. The van der Waals surface area contributed by atoms with Gasteiger partial charge in [0.2, 0.25) is 5.95 Å². The molecule has 4 heterocycles. The van der Waals surface area contributed by atoms with Crippen LogP contribution in [0.25, 0.3) is 11.2 Å². The van der Waals surface area contributed by atoms with Crippen molar-refractivity contribution in [2.45, 2.75) is 24.5 Å². The molecular weight excluding hydrogens is 368 g/mol. The van der Waals surface area contributed by atoms with Gasteiger partial charge in [0.05, 0.1) is 12.8 Å². The number of rotatable bonds is 5. The lowest BCUT2D eigenvalue weighted by Gasteiger charge is -2.18. The second kappa shape index (κ2) is 7.44. The molecule has 0 unspecified atom stereocenters. The van der Waals surface area contributed by atoms with Gasteiger partial charge in [-0.2, -0.15) is 5.10 Å². The van der Waals surface area contributed by atoms with Crippen molar-refractivity contribution in [2.75, 3.05) is 17.8 Å². The van der Waals surface area contributed by atoms with Crippen molar-refractivity contribution in [1.29, 1.82) is 0 Å². The molecule has 146 valence electrons. The summed E-state index contributed by atoms with van der Waals surface area (Å²) in [4.78, 5) is 16.4. The van der Waals surface area contributed by atoms with Crippen LogP contribution < -0.4 is 11.2 Å². The number of hydrogen-bond donors (Lipinski definition) is 5. The summed E-state index contributed by atoms with van der Waals surface area (Å²) in [5.74, 6) is 0.298. The van der Waals surface area contributed by atoms with Crippen LogP contribution >= 0.6 is 0 Å². The second-order valence-electron chi connectivity index (χ2n) is 6.12. The van der Waals surface area contributed by atoms with Crippen molar-refractivity contribution >= 4 is 29.1 Å². The molecule has 1 aliphatic heterocycles. The van der Waals surface area contributed by atoms with Gasteiger partial charge in [-0.1, -0.05) is 6.07 Å². The Morgan fingerprint density at radius 2 is 2.18 bits per heavy atom. The van der Waals surface area contributed by atoms with E-state index in [0.717, 1.165) is 5.56 Å². The molecule has 12 heteroatoms. The zero-order valence-corrected chi connectivity index (χ0v) is 14.5. The number of imidazole rings is 1. The highest BCUT2D eigenvalue weighted by Crippen LogP contribution is 2.35. The fraction of sp³-hybridized carbons (Fsp3) is 0.312. The number of aromatic nitrogens is 5. The number of nitrogens with two attached hydrogens (primary N) is 1. The van der Waals surface area contributed by atoms with E-state index in [9.17, 15) is 15.3 Å². The fourth-order valence-corrected chi connectivity index (χ4v) is 2.96. The van der Waals surface area contributed by atoms with Gasteiger partial charge in [-0.05, 0) is 6.07 Å². The highest BCUT2D eigenvalue weighted by atomic mass is 16.6. The summed E-state index contributed by atoms with van der Waals surface area (Å²) in [6.45, 7) is -0.458. The Balaban J connectivity index is 1.73. The number of hydrogen-bond acceptors (Lipinski definition) is 11. The molecule has 12 nitrogen and oxygen atoms in total. The Kier molecular flexibility index (Phi) is 4.83. The molecule has 6 N–H and O–H groups in total. The standard InChI is InChI=1S/C16H18N8O4/c17-13-10-14(20-7-19-13)24(15-12(27)11(26)9(6-25)28-15)16(22-10)23-21-5-8-2-1-3-18-4-8/h1-5,7,9,11-12,15,25-27H,6H2,(H,22,23)(H2,17,19,20)/t9-,11+,12+,15-/m0/s1. The summed E-state index contributed by atoms with van der Waals surface area (Å²) in [7, 11) is 0. The number of nitrogens with one attached hydrogen (secondary N) is 1. The molecule has 3 aromatic heterocycles. The first kappa shape index (κ1) is 18.2. The molecule has 0 radical (unpaired) electrons. The van der Waals surface area contributed by atoms with Gasteiger partial charge in [-0.25, -0.2) is 20.4 Å². The van der Waals surface area contributed by atoms with Crippen molar-refractivity contribution < 1.29 is 20.1 Å². The summed E-state index contributed by atoms with van der Waals surface area (Å²) in [6, 6.07) is 3.59. The highest BCUT2D eigenvalue weighted by molar-refractivity contribution is 5.84. The summed E-state index contributed by atoms with van der Waals surface area (Å²) in [6.07, 6.45) is 1.43. The zero-order chi connectivity index (χ0) is 19.7. The number of hydrazone groups is 1. The predicted molar refractivity (Wildman–Crippen MR) is 98.2 cm³/mol. The second-order valence-corrected chi connectivity index (χ2v) is 6.12. The van der Waals surface area contributed by atoms with Crippen molar-refractivity contribution in [1.82, 2.24) is 24.5 Å². The lowest BCUT2D eigenvalue weighted by molar-refractivity contribution is -0.0501. The van der Waals surface area contributed by atoms with Gasteiger partial charge in [0.25, 0.3) is 0 Å². The zero-order valence-electron chi connectivity index (χ0n) is 14.5. The minimum absolute atomic E-state index is 0.134. The number of anilines is 2. The molecule has 1 aliphatic rings. The van der Waals surface area contributed by atoms with E-state index < -0.39 is 31.1 Å². The van der Waals surface area contributed by atoms with E-state index in [0.29, 0.717) is 0 Å². The molecule has 1 saturated heterocycles. The smallest absolute Gasteiger partial charge is 0.228 e. The lowest BCUT2D eigenvalue weighted by atomic mass is 10.1. The number of pyridine rings is 1. The van der Waals surface area contributed by atoms with Gasteiger partial charge < -0.3 is 25.8 Å². The lowest BCUT2D eigenvalue weighted by Crippen LogP contribution is -2.33. The van der Waals surface area contributed by atoms with Crippen molar-refractivity contribution in [3.8, 4) is 0 Å². The average Bonchev–Trinajstić information content (AvgIpc) is 3.21. The van der Waals surface area contributed by atoms with Crippen LogP contribution in [0.3, 0.4) is 0 Å². The van der Waals surface area contributed by atoms with Crippen LogP contribution in [0.2, 0.25) is 0 Å². The molecule has 0 bridgehead atoms. The van der Waals surface area contributed by atoms with E-state index in [-0.39, 0.29) is 22.9 Å². The number of aliphatic hydroxyl groups excluding tert-OH is 3. The summed E-state index contributed by atoms with van der Waals surface area (Å²) < 4.78 is 7.02. The van der Waals surface area contributed by atoms with E-state index in [1.165, 1.54) is 17.1 Å². The largest absolute Gasteiger partial charge is 0.394 e. The van der Waals surface area contributed by atoms with Crippen molar-refractivity contribution in [2.24, 2.45) is 5.10 Å². The van der Waals surface area contributed by atoms with Crippen LogP contribution in [0, 0.1) is 0 Å². The maximum absolute atomic E-state index is 10.4. The SMILES string of the molecule is Nc1ncnc2c1nc(NN=Cc1cccnc1)n2[C@H]1O[C@@H](CO)[C@@H](O)[C@H]1O. The van der Waals surface area contributed by atoms with Crippen LogP contribution in [-0.4, -0.2) is 71.0 Å². The van der Waals surface area contributed by atoms with Gasteiger partial charge in [0, 0.05) is 18.0 Å². The Morgan fingerprint density at radius 1 is 1.32 bits per heavy atom. The van der Waals surface area contributed by atoms with E-state index in [1.54, 1.807) is 18.5 Å². The summed E-state index contributed by atoms with van der Waals surface area (Å²) in [5, 5.41) is 34.0. The molecule has 4 atom stereocenters. The highest BCUT2D eigenvalue weighted by Gasteiger charge is 2.45. The first-order chi connectivity index (χ1) is 13.6. The molecule has 0 spiro atoms. The Labute approximate surface area is 158 Å². The number of nitrogens with zero attached hydrogens (tertiary/aromatic N) is 6. The third-order valence-electron chi connectivity index (χ3n) is 4.34. The molecule has 0 aliphatic carbocycles. The van der Waals surface area contributed by atoms with Gasteiger partial charge in [0.1, 0.15) is 24.6 Å². The normalized spacial score (nSPS) is 25.0. The number of ether oxygens (including phenoxy) is 1. The number of aliphatic hydroxyl groups is 3. The fourth-order valence-electron chi connectivity index (χ4n) is 2.96. The Morgan fingerprint density at radius 3 is 2.89 bits per heavy atom. The van der Waals surface area contributed by atoms with Crippen molar-refractivity contribution in [3.63, 3.8) is 0 Å². The maximum atomic E-state index is 10.4. The number of nitrogen functional groups attached to an aromatic ring is 1. The van der Waals surface area contributed by atoms with Crippen LogP contribution in [0.5, 0.6) is 0 Å². The molecule has 0 amide bonds. The van der Waals surface area contributed by atoms with E-state index >= 15 is 0 Å². The Bertz CT molecular complexity index is 995. The van der Waals surface area contributed by atoms with Gasteiger partial charge in [0.15, 0.2) is 23.2 Å². The first-order valence-corrected chi connectivity index (χ1v) is 8.40. The molecular formula is C16H18N8O4. The molecule has 3 aromatic rings. The van der Waals surface area contributed by atoms with Gasteiger partial charge >= 0.3 is 0 Å². The number of fused-ring (bicyclic) bond motifs is 1. The minimum atomic E-state index is -1.33. The van der Waals surface area contributed by atoms with Crippen LogP contribution in [0.1, 0.15) is 11.8 Å². The first-order valence-electron chi connectivity index (χ1n) is 8.40. The molecule has 1 fully saturated rings. The topological polar surface area (TPSA) is 177 Å². The van der Waals surface area contributed by atoms with Gasteiger partial charge in [-0.15, -0.1) is 0 Å². The Hall–Kier alpha value is -3.19. The molecule has 28 heavy (non-hydrogen) atoms. The van der Waals surface area contributed by atoms with E-state index in [2.05, 4.69) is 30.5 Å². The molecule has 0 saturated carbocycles. The van der Waals surface area contributed by atoms with Gasteiger partial charge in [-0.3, -0.25) is 9.55 Å². The summed E-state index contributed by atoms with van der Waals surface area (Å²) >= 11 is 0. The third-order valence-corrected chi connectivity index (χ3v) is 4.34. The van der Waals surface area contributed by atoms with Crippen LogP contribution in [0.15, 0.2) is 36.0 Å². The molecule has 0 aromatic carbocycles. The molecule has 4 rings (SSSR count). The monoisotopic (exact) mass is 386 g/mol. The van der Waals surface area contributed by atoms with E-state index in [4.69, 9.17) is 10.5 Å². The van der Waals surface area contributed by atoms with E-state index in [1.807, 2.05) is 6.07 Å². The van der Waals surface area contributed by atoms with Crippen molar-refractivity contribution in [3.05, 3.63) is 36.4 Å². The minimum Gasteiger partial charge on any atom is -0.394 e. The predicted octanol–water partition coefficient (Wildman–Crippen LogP) is -1.14. The van der Waals surface area contributed by atoms with Crippen LogP contribution in [0.4, 0.5) is 11.8 Å². The van der Waals surface area contributed by atoms with Crippen LogP contribution in [-0.2, 0) is 4.74 Å². The quantitative estimate of drug-likeness (QED) is 0.266. The third kappa shape index (κ3) is 3.14. The maximum Gasteiger partial charge on any atom is 0.228 e. The average molecular weight is 386 g/mol.